The number of carbonyl (C=O) groups is 1. The standard InChI is InChI=1S/C11H20N2O5S2/c1-11(2,3)18-10(15)13-20(16,17)12-6-9(14)8-4-5-19-7-8/h4-5,8-9,12,14H,6-7H2,1-3H3,(H,13,15). The summed E-state index contributed by atoms with van der Waals surface area (Å²) in [6.45, 7) is 4.70. The molecular formula is C11H20N2O5S2. The van der Waals surface area contributed by atoms with E-state index in [1.165, 1.54) is 0 Å². The number of nitrogens with one attached hydrogen (secondary N) is 2. The molecule has 0 aromatic rings. The number of hydrogen-bond acceptors (Lipinski definition) is 6. The molecule has 0 saturated heterocycles. The summed E-state index contributed by atoms with van der Waals surface area (Å²) in [4.78, 5) is 11.3. The summed E-state index contributed by atoms with van der Waals surface area (Å²) >= 11 is 1.55. The first-order valence-electron chi connectivity index (χ1n) is 6.06. The van der Waals surface area contributed by atoms with E-state index < -0.39 is 28.0 Å². The van der Waals surface area contributed by atoms with Gasteiger partial charge in [0.05, 0.1) is 6.10 Å². The third kappa shape index (κ3) is 6.60. The fourth-order valence-corrected chi connectivity index (χ4v) is 3.11. The van der Waals surface area contributed by atoms with Gasteiger partial charge in [-0.1, -0.05) is 6.08 Å². The molecule has 0 aromatic carbocycles. The van der Waals surface area contributed by atoms with E-state index in [2.05, 4.69) is 4.72 Å². The van der Waals surface area contributed by atoms with E-state index >= 15 is 0 Å². The van der Waals surface area contributed by atoms with Crippen LogP contribution in [0.1, 0.15) is 20.8 Å². The summed E-state index contributed by atoms with van der Waals surface area (Å²) in [5.74, 6) is 0.617. The maximum Gasteiger partial charge on any atom is 0.422 e. The predicted octanol–water partition coefficient (Wildman–Crippen LogP) is 0.583. The molecule has 2 atom stereocenters. The Kier molecular flexibility index (Phi) is 5.87. The molecule has 0 fully saturated rings. The smallest absolute Gasteiger partial charge is 0.422 e. The van der Waals surface area contributed by atoms with Gasteiger partial charge in [-0.15, -0.1) is 11.8 Å². The lowest BCUT2D eigenvalue weighted by Gasteiger charge is -2.20. The number of amides is 1. The number of thioether (sulfide) groups is 1. The van der Waals surface area contributed by atoms with E-state index in [4.69, 9.17) is 4.74 Å². The first-order chi connectivity index (χ1) is 9.09. The first kappa shape index (κ1) is 17.3. The van der Waals surface area contributed by atoms with Gasteiger partial charge in [-0.05, 0) is 26.2 Å². The van der Waals surface area contributed by atoms with Crippen LogP contribution in [0.25, 0.3) is 0 Å². The van der Waals surface area contributed by atoms with Crippen LogP contribution >= 0.6 is 11.8 Å². The Morgan fingerprint density at radius 3 is 2.70 bits per heavy atom. The average molecular weight is 324 g/mol. The highest BCUT2D eigenvalue weighted by Gasteiger charge is 2.24. The van der Waals surface area contributed by atoms with Crippen molar-refractivity contribution in [2.24, 2.45) is 5.92 Å². The molecule has 20 heavy (non-hydrogen) atoms. The van der Waals surface area contributed by atoms with Crippen molar-refractivity contribution in [1.29, 1.82) is 0 Å². The fourth-order valence-electron chi connectivity index (χ4n) is 1.41. The van der Waals surface area contributed by atoms with E-state index in [1.54, 1.807) is 37.3 Å². The highest BCUT2D eigenvalue weighted by atomic mass is 32.2. The molecule has 0 bridgehead atoms. The number of ether oxygens (including phenoxy) is 1. The van der Waals surface area contributed by atoms with Gasteiger partial charge in [-0.3, -0.25) is 0 Å². The van der Waals surface area contributed by atoms with Crippen molar-refractivity contribution in [3.63, 3.8) is 0 Å². The third-order valence-electron chi connectivity index (χ3n) is 2.30. The number of aliphatic hydroxyl groups is 1. The monoisotopic (exact) mass is 324 g/mol. The Morgan fingerprint density at radius 1 is 1.55 bits per heavy atom. The molecule has 1 aliphatic heterocycles. The van der Waals surface area contributed by atoms with Crippen LogP contribution in [0.4, 0.5) is 4.79 Å². The average Bonchev–Trinajstić information content (AvgIpc) is 2.75. The molecule has 0 aromatic heterocycles. The number of hydrogen-bond donors (Lipinski definition) is 3. The Bertz CT molecular complexity index is 470. The van der Waals surface area contributed by atoms with Crippen molar-refractivity contribution in [3.05, 3.63) is 11.5 Å². The summed E-state index contributed by atoms with van der Waals surface area (Å²) in [5, 5.41) is 11.7. The van der Waals surface area contributed by atoms with E-state index in [9.17, 15) is 18.3 Å². The third-order valence-corrected chi connectivity index (χ3v) is 4.21. The quantitative estimate of drug-likeness (QED) is 0.683. The maximum atomic E-state index is 11.6. The number of carbonyl (C=O) groups excluding carboxylic acids is 1. The molecule has 1 amide bonds. The summed E-state index contributed by atoms with van der Waals surface area (Å²) in [7, 11) is -4.04. The van der Waals surface area contributed by atoms with Gasteiger partial charge < -0.3 is 9.84 Å². The number of aliphatic hydroxyl groups excluding tert-OH is 1. The van der Waals surface area contributed by atoms with E-state index in [1.807, 2.05) is 11.5 Å². The van der Waals surface area contributed by atoms with Gasteiger partial charge in [0.2, 0.25) is 0 Å². The molecule has 9 heteroatoms. The normalized spacial score (nSPS) is 20.7. The minimum absolute atomic E-state index is 0.0933. The second kappa shape index (κ2) is 6.79. The molecule has 1 heterocycles. The van der Waals surface area contributed by atoms with Gasteiger partial charge >= 0.3 is 16.3 Å². The largest absolute Gasteiger partial charge is 0.443 e. The molecule has 3 N–H and O–H groups in total. The fraction of sp³-hybridized carbons (Fsp3) is 0.727. The van der Waals surface area contributed by atoms with Crippen LogP contribution in [-0.2, 0) is 14.9 Å². The van der Waals surface area contributed by atoms with Crippen LogP contribution in [0.3, 0.4) is 0 Å². The van der Waals surface area contributed by atoms with E-state index in [0.29, 0.717) is 5.75 Å². The Balaban J connectivity index is 2.41. The second-order valence-corrected chi connectivity index (χ2v) is 7.79. The Labute approximate surface area is 123 Å². The van der Waals surface area contributed by atoms with Crippen molar-refractivity contribution >= 4 is 28.1 Å². The van der Waals surface area contributed by atoms with Gasteiger partial charge in [0.15, 0.2) is 0 Å². The minimum atomic E-state index is -4.04. The lowest BCUT2D eigenvalue weighted by Crippen LogP contribution is -2.46. The predicted molar refractivity (Wildman–Crippen MR) is 77.4 cm³/mol. The van der Waals surface area contributed by atoms with Gasteiger partial charge in [-0.25, -0.2) is 9.52 Å². The SMILES string of the molecule is CC(C)(C)OC(=O)NS(=O)(=O)NCC(O)C1C=CSC1. The topological polar surface area (TPSA) is 105 Å². The van der Waals surface area contributed by atoms with Crippen LogP contribution in [0.15, 0.2) is 11.5 Å². The molecule has 0 aliphatic carbocycles. The van der Waals surface area contributed by atoms with Gasteiger partial charge in [0, 0.05) is 18.2 Å². The van der Waals surface area contributed by atoms with Crippen molar-refractivity contribution in [3.8, 4) is 0 Å². The van der Waals surface area contributed by atoms with E-state index in [0.717, 1.165) is 0 Å². The second-order valence-electron chi connectivity index (χ2n) is 5.35. The first-order valence-corrected chi connectivity index (χ1v) is 8.59. The summed E-state index contributed by atoms with van der Waals surface area (Å²) in [6.07, 6.45) is -0.0717. The minimum Gasteiger partial charge on any atom is -0.443 e. The summed E-state index contributed by atoms with van der Waals surface area (Å²) < 4.78 is 31.9. The number of rotatable bonds is 5. The van der Waals surface area contributed by atoms with Gasteiger partial charge in [0.25, 0.3) is 0 Å². The molecule has 1 aliphatic rings. The summed E-state index contributed by atoms with van der Waals surface area (Å²) in [6, 6.07) is 0. The lowest BCUT2D eigenvalue weighted by atomic mass is 10.1. The van der Waals surface area contributed by atoms with Gasteiger partial charge in [0.1, 0.15) is 5.60 Å². The molecule has 0 radical (unpaired) electrons. The van der Waals surface area contributed by atoms with E-state index in [-0.39, 0.29) is 12.5 Å². The van der Waals surface area contributed by atoms with Crippen molar-refractivity contribution in [2.45, 2.75) is 32.5 Å². The van der Waals surface area contributed by atoms with Crippen LogP contribution in [-0.4, -0.2) is 43.6 Å². The molecule has 1 rings (SSSR count). The Hall–Kier alpha value is -0.770. The molecule has 116 valence electrons. The van der Waals surface area contributed by atoms with Crippen LogP contribution in [0, 0.1) is 5.92 Å². The van der Waals surface area contributed by atoms with Crippen molar-refractivity contribution in [2.75, 3.05) is 12.3 Å². The lowest BCUT2D eigenvalue weighted by molar-refractivity contribution is 0.0569. The van der Waals surface area contributed by atoms with Crippen LogP contribution in [0.5, 0.6) is 0 Å². The molecule has 0 spiro atoms. The zero-order valence-electron chi connectivity index (χ0n) is 11.6. The molecule has 2 unspecified atom stereocenters. The molecular weight excluding hydrogens is 304 g/mol. The van der Waals surface area contributed by atoms with Crippen molar-refractivity contribution < 1.29 is 23.1 Å². The van der Waals surface area contributed by atoms with Gasteiger partial charge in [-0.2, -0.15) is 13.1 Å². The van der Waals surface area contributed by atoms with Crippen LogP contribution < -0.4 is 9.44 Å². The summed E-state index contributed by atoms with van der Waals surface area (Å²) in [5.41, 5.74) is -0.787. The highest BCUT2D eigenvalue weighted by Crippen LogP contribution is 2.22. The van der Waals surface area contributed by atoms with Crippen LogP contribution in [0.2, 0.25) is 0 Å². The zero-order valence-corrected chi connectivity index (χ0v) is 13.3. The molecule has 0 saturated carbocycles. The highest BCUT2D eigenvalue weighted by molar-refractivity contribution is 8.02. The van der Waals surface area contributed by atoms with Crippen molar-refractivity contribution in [1.82, 2.24) is 9.44 Å². The Morgan fingerprint density at radius 2 is 2.20 bits per heavy atom. The maximum absolute atomic E-state index is 11.6. The molecule has 7 nitrogen and oxygen atoms in total. The zero-order chi connectivity index (χ0) is 15.4.